The molecule has 3 nitrogen and oxygen atoms in total. The highest BCUT2D eigenvalue weighted by Crippen LogP contribution is 2.42. The number of hydrogen-bond donors (Lipinski definition) is 0. The van der Waals surface area contributed by atoms with E-state index in [1.165, 1.54) is 64.2 Å². The normalized spacial score (nSPS) is 18.3. The number of methoxy groups -OCH3 is 3. The Morgan fingerprint density at radius 2 is 1.38 bits per heavy atom. The highest BCUT2D eigenvalue weighted by atomic mass is 16.9. The first kappa shape index (κ1) is 18.9. The third-order valence-corrected chi connectivity index (χ3v) is 5.15. The summed E-state index contributed by atoms with van der Waals surface area (Å²) in [6.07, 6.45) is 14.4. The van der Waals surface area contributed by atoms with Gasteiger partial charge in [-0.15, -0.1) is 0 Å². The average molecular weight is 300 g/mol. The molecule has 0 N–H and O–H groups in total. The fraction of sp³-hybridized carbons (Fsp3) is 1.00. The van der Waals surface area contributed by atoms with Gasteiger partial charge < -0.3 is 14.2 Å². The first-order valence-corrected chi connectivity index (χ1v) is 8.89. The Kier molecular flexibility index (Phi) is 9.54. The SMILES string of the molecule is CCCCCCCCC(C1CCCC1)C(OC)(OC)OC. The van der Waals surface area contributed by atoms with Crippen molar-refractivity contribution < 1.29 is 14.2 Å². The van der Waals surface area contributed by atoms with Crippen molar-refractivity contribution in [2.75, 3.05) is 21.3 Å². The number of hydrogen-bond acceptors (Lipinski definition) is 3. The first-order valence-electron chi connectivity index (χ1n) is 8.89. The van der Waals surface area contributed by atoms with E-state index in [-0.39, 0.29) is 0 Å². The largest absolute Gasteiger partial charge is 0.331 e. The van der Waals surface area contributed by atoms with Crippen molar-refractivity contribution in [2.45, 2.75) is 83.5 Å². The molecule has 0 aromatic rings. The zero-order valence-electron chi connectivity index (χ0n) is 14.7. The summed E-state index contributed by atoms with van der Waals surface area (Å²) in [5.41, 5.74) is 0. The minimum Gasteiger partial charge on any atom is -0.331 e. The van der Waals surface area contributed by atoms with E-state index in [1.807, 2.05) is 0 Å². The van der Waals surface area contributed by atoms with Gasteiger partial charge in [0, 0.05) is 27.2 Å². The summed E-state index contributed by atoms with van der Waals surface area (Å²) in [5, 5.41) is 0. The van der Waals surface area contributed by atoms with Gasteiger partial charge in [0.1, 0.15) is 0 Å². The van der Waals surface area contributed by atoms with E-state index in [0.717, 1.165) is 6.42 Å². The second kappa shape index (κ2) is 10.6. The summed E-state index contributed by atoms with van der Waals surface area (Å²) in [6, 6.07) is 0. The van der Waals surface area contributed by atoms with E-state index >= 15 is 0 Å². The molecule has 0 amide bonds. The molecular weight excluding hydrogens is 264 g/mol. The predicted octanol–water partition coefficient (Wildman–Crippen LogP) is 5.14. The first-order chi connectivity index (χ1) is 10.2. The lowest BCUT2D eigenvalue weighted by molar-refractivity contribution is -0.386. The molecule has 1 rings (SSSR count). The Morgan fingerprint density at radius 1 is 0.857 bits per heavy atom. The van der Waals surface area contributed by atoms with Crippen molar-refractivity contribution in [3.05, 3.63) is 0 Å². The number of unbranched alkanes of at least 4 members (excludes halogenated alkanes) is 5. The lowest BCUT2D eigenvalue weighted by atomic mass is 9.84. The summed E-state index contributed by atoms with van der Waals surface area (Å²) < 4.78 is 17.0. The van der Waals surface area contributed by atoms with E-state index in [0.29, 0.717) is 11.8 Å². The molecule has 1 atom stereocenters. The Bertz CT molecular complexity index is 237. The molecule has 0 bridgehead atoms. The highest BCUT2D eigenvalue weighted by Gasteiger charge is 2.44. The van der Waals surface area contributed by atoms with Gasteiger partial charge in [0.2, 0.25) is 0 Å². The van der Waals surface area contributed by atoms with Gasteiger partial charge in [-0.1, -0.05) is 58.3 Å². The molecule has 1 aliphatic rings. The summed E-state index contributed by atoms with van der Waals surface area (Å²) in [7, 11) is 5.11. The summed E-state index contributed by atoms with van der Waals surface area (Å²) in [5.74, 6) is 0.185. The molecule has 1 saturated carbocycles. The fourth-order valence-electron chi connectivity index (χ4n) is 3.91. The van der Waals surface area contributed by atoms with Crippen LogP contribution in [0, 0.1) is 11.8 Å². The topological polar surface area (TPSA) is 27.7 Å². The van der Waals surface area contributed by atoms with Crippen molar-refractivity contribution in [1.29, 1.82) is 0 Å². The van der Waals surface area contributed by atoms with Crippen LogP contribution in [0.15, 0.2) is 0 Å². The van der Waals surface area contributed by atoms with Crippen LogP contribution in [-0.2, 0) is 14.2 Å². The van der Waals surface area contributed by atoms with Crippen molar-refractivity contribution >= 4 is 0 Å². The Hall–Kier alpha value is -0.120. The summed E-state index contributed by atoms with van der Waals surface area (Å²) in [6.45, 7) is 2.26. The van der Waals surface area contributed by atoms with Crippen LogP contribution in [-0.4, -0.2) is 27.3 Å². The minimum atomic E-state index is -0.849. The smallest absolute Gasteiger partial charge is 0.285 e. The third kappa shape index (κ3) is 5.54. The van der Waals surface area contributed by atoms with Gasteiger partial charge in [-0.25, -0.2) is 0 Å². The van der Waals surface area contributed by atoms with Gasteiger partial charge >= 0.3 is 0 Å². The van der Waals surface area contributed by atoms with Crippen LogP contribution >= 0.6 is 0 Å². The quantitative estimate of drug-likeness (QED) is 0.369. The van der Waals surface area contributed by atoms with E-state index in [9.17, 15) is 0 Å². The van der Waals surface area contributed by atoms with Crippen LogP contribution in [0.4, 0.5) is 0 Å². The monoisotopic (exact) mass is 300 g/mol. The molecule has 126 valence electrons. The fourth-order valence-corrected chi connectivity index (χ4v) is 3.91. The van der Waals surface area contributed by atoms with Crippen molar-refractivity contribution in [3.63, 3.8) is 0 Å². The predicted molar refractivity (Wildman–Crippen MR) is 87.2 cm³/mol. The highest BCUT2D eigenvalue weighted by molar-refractivity contribution is 4.82. The van der Waals surface area contributed by atoms with E-state index in [1.54, 1.807) is 21.3 Å². The Labute approximate surface area is 131 Å². The summed E-state index contributed by atoms with van der Waals surface area (Å²) >= 11 is 0. The molecule has 1 aliphatic carbocycles. The van der Waals surface area contributed by atoms with Crippen LogP contribution in [0.1, 0.15) is 77.6 Å². The van der Waals surface area contributed by atoms with Crippen LogP contribution in [0.25, 0.3) is 0 Å². The Balaban J connectivity index is 2.52. The lowest BCUT2D eigenvalue weighted by Gasteiger charge is -2.39. The van der Waals surface area contributed by atoms with Gasteiger partial charge in [0.15, 0.2) is 0 Å². The van der Waals surface area contributed by atoms with Gasteiger partial charge in [-0.05, 0) is 25.2 Å². The molecule has 0 radical (unpaired) electrons. The molecule has 0 heterocycles. The van der Waals surface area contributed by atoms with E-state index in [2.05, 4.69) is 6.92 Å². The van der Waals surface area contributed by atoms with E-state index < -0.39 is 5.97 Å². The maximum atomic E-state index is 5.66. The minimum absolute atomic E-state index is 0.353. The average Bonchev–Trinajstić information content (AvgIpc) is 3.04. The van der Waals surface area contributed by atoms with Crippen molar-refractivity contribution in [3.8, 4) is 0 Å². The van der Waals surface area contributed by atoms with Gasteiger partial charge in [-0.3, -0.25) is 0 Å². The van der Waals surface area contributed by atoms with Gasteiger partial charge in [0.05, 0.1) is 0 Å². The van der Waals surface area contributed by atoms with Crippen LogP contribution in [0.2, 0.25) is 0 Å². The zero-order valence-corrected chi connectivity index (χ0v) is 14.7. The van der Waals surface area contributed by atoms with Crippen LogP contribution in [0.5, 0.6) is 0 Å². The molecule has 0 saturated heterocycles. The maximum Gasteiger partial charge on any atom is 0.285 e. The molecule has 3 heteroatoms. The molecule has 1 fully saturated rings. The molecule has 0 aliphatic heterocycles. The van der Waals surface area contributed by atoms with E-state index in [4.69, 9.17) is 14.2 Å². The molecular formula is C18H36O3. The zero-order chi connectivity index (χ0) is 15.6. The molecule has 0 aromatic heterocycles. The van der Waals surface area contributed by atoms with Crippen molar-refractivity contribution in [2.24, 2.45) is 11.8 Å². The Morgan fingerprint density at radius 3 is 1.90 bits per heavy atom. The van der Waals surface area contributed by atoms with Crippen molar-refractivity contribution in [1.82, 2.24) is 0 Å². The maximum absolute atomic E-state index is 5.66. The molecule has 0 spiro atoms. The second-order valence-electron chi connectivity index (χ2n) is 6.42. The summed E-state index contributed by atoms with van der Waals surface area (Å²) in [4.78, 5) is 0. The van der Waals surface area contributed by atoms with Gasteiger partial charge in [-0.2, -0.15) is 0 Å². The number of rotatable bonds is 12. The standard InChI is InChI=1S/C18H36O3/c1-5-6-7-8-9-10-15-17(16-13-11-12-14-16)18(19-2,20-3)21-4/h16-17H,5-15H2,1-4H3. The third-order valence-electron chi connectivity index (χ3n) is 5.15. The van der Waals surface area contributed by atoms with Crippen LogP contribution < -0.4 is 0 Å². The molecule has 1 unspecified atom stereocenters. The number of ether oxygens (including phenoxy) is 3. The van der Waals surface area contributed by atoms with Crippen LogP contribution in [0.3, 0.4) is 0 Å². The second-order valence-corrected chi connectivity index (χ2v) is 6.42. The van der Waals surface area contributed by atoms with Gasteiger partial charge in [0.25, 0.3) is 5.97 Å². The molecule has 21 heavy (non-hydrogen) atoms. The molecule has 0 aromatic carbocycles. The lowest BCUT2D eigenvalue weighted by Crippen LogP contribution is -2.46.